The van der Waals surface area contributed by atoms with Crippen LogP contribution in [0, 0.1) is 23.7 Å². The Kier molecular flexibility index (Phi) is 1.27. The summed E-state index contributed by atoms with van der Waals surface area (Å²) < 4.78 is 0. The van der Waals surface area contributed by atoms with Crippen LogP contribution in [0.2, 0.25) is 0 Å². The maximum Gasteiger partial charge on any atom is 0.0162 e. The van der Waals surface area contributed by atoms with E-state index in [-0.39, 0.29) is 5.54 Å². The molecule has 2 bridgehead atoms. The molecule has 0 saturated heterocycles. The number of fused-ring (bicyclic) bond motifs is 1. The van der Waals surface area contributed by atoms with Gasteiger partial charge in [-0.05, 0) is 55.8 Å². The lowest BCUT2D eigenvalue weighted by molar-refractivity contribution is 0.0783. The summed E-state index contributed by atoms with van der Waals surface area (Å²) in [6.45, 7) is 2.39. The van der Waals surface area contributed by atoms with Crippen LogP contribution in [0.1, 0.15) is 39.0 Å². The fraction of sp³-hybridized carbons (Fsp3) is 1.00. The third kappa shape index (κ3) is 0.834. The third-order valence-electron chi connectivity index (χ3n) is 4.59. The lowest BCUT2D eigenvalue weighted by Gasteiger charge is -2.42. The van der Waals surface area contributed by atoms with Gasteiger partial charge < -0.3 is 5.73 Å². The molecule has 3 aliphatic carbocycles. The van der Waals surface area contributed by atoms with E-state index >= 15 is 0 Å². The van der Waals surface area contributed by atoms with Crippen LogP contribution in [0.15, 0.2) is 0 Å². The molecule has 0 radical (unpaired) electrons. The van der Waals surface area contributed by atoms with Crippen LogP contribution < -0.4 is 5.73 Å². The second-order valence-corrected chi connectivity index (χ2v) is 5.74. The van der Waals surface area contributed by atoms with Crippen LogP contribution in [0.5, 0.6) is 0 Å². The molecule has 3 aliphatic rings. The molecule has 0 aliphatic heterocycles. The first-order valence-electron chi connectivity index (χ1n) is 5.45. The standard InChI is InChI=1S/C11H19N/c1-7-2-8-3-9-5-11(12,4-7)6-10(8)9/h7-10H,2-6,12H2,1H3. The highest BCUT2D eigenvalue weighted by atomic mass is 14.8. The first-order chi connectivity index (χ1) is 5.66. The van der Waals surface area contributed by atoms with Crippen molar-refractivity contribution >= 4 is 0 Å². The molecular weight excluding hydrogens is 146 g/mol. The number of nitrogens with two attached hydrogens (primary N) is 1. The van der Waals surface area contributed by atoms with Crippen LogP contribution in [0.25, 0.3) is 0 Å². The van der Waals surface area contributed by atoms with E-state index in [1.165, 1.54) is 32.1 Å². The van der Waals surface area contributed by atoms with Crippen molar-refractivity contribution in [2.24, 2.45) is 29.4 Å². The predicted octanol–water partition coefficient (Wildman–Crippen LogP) is 2.16. The van der Waals surface area contributed by atoms with Crippen molar-refractivity contribution in [1.82, 2.24) is 0 Å². The average molecular weight is 165 g/mol. The van der Waals surface area contributed by atoms with Gasteiger partial charge in [0, 0.05) is 5.54 Å². The fourth-order valence-corrected chi connectivity index (χ4v) is 4.30. The lowest BCUT2D eigenvalue weighted by atomic mass is 9.63. The summed E-state index contributed by atoms with van der Waals surface area (Å²) in [6.07, 6.45) is 6.98. The Hall–Kier alpha value is -0.0400. The van der Waals surface area contributed by atoms with Crippen molar-refractivity contribution in [2.45, 2.75) is 44.6 Å². The maximum absolute atomic E-state index is 6.41. The molecule has 2 N–H and O–H groups in total. The molecule has 3 fully saturated rings. The van der Waals surface area contributed by atoms with Crippen LogP contribution in [0.4, 0.5) is 0 Å². The third-order valence-corrected chi connectivity index (χ3v) is 4.59. The van der Waals surface area contributed by atoms with Gasteiger partial charge in [0.1, 0.15) is 0 Å². The van der Waals surface area contributed by atoms with Gasteiger partial charge in [0.15, 0.2) is 0 Å². The van der Waals surface area contributed by atoms with E-state index < -0.39 is 0 Å². The molecule has 1 nitrogen and oxygen atoms in total. The van der Waals surface area contributed by atoms with Gasteiger partial charge in [-0.2, -0.15) is 0 Å². The number of rotatable bonds is 0. The highest BCUT2D eigenvalue weighted by Crippen LogP contribution is 2.59. The van der Waals surface area contributed by atoms with E-state index in [4.69, 9.17) is 5.73 Å². The van der Waals surface area contributed by atoms with Crippen LogP contribution in [0.3, 0.4) is 0 Å². The number of hydrogen-bond acceptors (Lipinski definition) is 1. The Labute approximate surface area is 74.7 Å². The van der Waals surface area contributed by atoms with E-state index in [2.05, 4.69) is 6.92 Å². The van der Waals surface area contributed by atoms with Gasteiger partial charge in [-0.15, -0.1) is 0 Å². The van der Waals surface area contributed by atoms with E-state index in [0.29, 0.717) is 0 Å². The summed E-state index contributed by atoms with van der Waals surface area (Å²) in [5, 5.41) is 0. The van der Waals surface area contributed by atoms with Crippen molar-refractivity contribution in [2.75, 3.05) is 0 Å². The molecule has 0 aromatic carbocycles. The first kappa shape index (κ1) is 7.37. The second kappa shape index (κ2) is 2.06. The molecule has 0 aromatic heterocycles. The molecular formula is C11H19N. The molecule has 5 atom stereocenters. The molecule has 0 aromatic rings. The van der Waals surface area contributed by atoms with Crippen LogP contribution >= 0.6 is 0 Å². The highest BCUT2D eigenvalue weighted by Gasteiger charge is 2.54. The SMILES string of the molecule is CC1CC2CC3CC(N)(C1)CC23. The monoisotopic (exact) mass is 165 g/mol. The Morgan fingerprint density at radius 1 is 1.08 bits per heavy atom. The van der Waals surface area contributed by atoms with Gasteiger partial charge in [-0.1, -0.05) is 6.92 Å². The topological polar surface area (TPSA) is 26.0 Å². The smallest absolute Gasteiger partial charge is 0.0162 e. The second-order valence-electron chi connectivity index (χ2n) is 5.74. The zero-order valence-electron chi connectivity index (χ0n) is 7.92. The van der Waals surface area contributed by atoms with Crippen LogP contribution in [-0.4, -0.2) is 5.54 Å². The molecule has 0 amide bonds. The minimum absolute atomic E-state index is 0.264. The normalized spacial score (nSPS) is 62.5. The zero-order chi connectivity index (χ0) is 8.34. The molecule has 1 heteroatoms. The molecule has 12 heavy (non-hydrogen) atoms. The summed E-state index contributed by atoms with van der Waals surface area (Å²) in [5.74, 6) is 4.04. The van der Waals surface area contributed by atoms with Crippen LogP contribution in [-0.2, 0) is 0 Å². The van der Waals surface area contributed by atoms with Crippen molar-refractivity contribution in [3.05, 3.63) is 0 Å². The Morgan fingerprint density at radius 2 is 1.92 bits per heavy atom. The summed E-state index contributed by atoms with van der Waals surface area (Å²) in [7, 11) is 0. The van der Waals surface area contributed by atoms with Crippen molar-refractivity contribution < 1.29 is 0 Å². The van der Waals surface area contributed by atoms with E-state index in [0.717, 1.165) is 23.7 Å². The Bertz CT molecular complexity index is 209. The van der Waals surface area contributed by atoms with E-state index in [1.807, 2.05) is 0 Å². The minimum atomic E-state index is 0.264. The Balaban J connectivity index is 1.91. The molecule has 3 saturated carbocycles. The van der Waals surface area contributed by atoms with E-state index in [1.54, 1.807) is 0 Å². The van der Waals surface area contributed by atoms with Gasteiger partial charge in [-0.25, -0.2) is 0 Å². The van der Waals surface area contributed by atoms with E-state index in [9.17, 15) is 0 Å². The number of hydrogen-bond donors (Lipinski definition) is 1. The predicted molar refractivity (Wildman–Crippen MR) is 49.6 cm³/mol. The lowest BCUT2D eigenvalue weighted by Crippen LogP contribution is -2.39. The van der Waals surface area contributed by atoms with Gasteiger partial charge in [0.2, 0.25) is 0 Å². The summed E-state index contributed by atoms with van der Waals surface area (Å²) in [5.41, 5.74) is 6.67. The quantitative estimate of drug-likeness (QED) is 0.585. The maximum atomic E-state index is 6.41. The zero-order valence-corrected chi connectivity index (χ0v) is 7.92. The van der Waals surface area contributed by atoms with Gasteiger partial charge >= 0.3 is 0 Å². The molecule has 68 valence electrons. The Morgan fingerprint density at radius 3 is 2.75 bits per heavy atom. The average Bonchev–Trinajstić information content (AvgIpc) is 2.13. The first-order valence-corrected chi connectivity index (χ1v) is 5.45. The highest BCUT2D eigenvalue weighted by molar-refractivity contribution is 5.08. The van der Waals surface area contributed by atoms with Gasteiger partial charge in [0.25, 0.3) is 0 Å². The van der Waals surface area contributed by atoms with Crippen molar-refractivity contribution in [3.8, 4) is 0 Å². The van der Waals surface area contributed by atoms with Crippen molar-refractivity contribution in [3.63, 3.8) is 0 Å². The molecule has 0 spiro atoms. The summed E-state index contributed by atoms with van der Waals surface area (Å²) >= 11 is 0. The molecule has 5 unspecified atom stereocenters. The fourth-order valence-electron chi connectivity index (χ4n) is 4.30. The summed E-state index contributed by atoms with van der Waals surface area (Å²) in [4.78, 5) is 0. The molecule has 0 heterocycles. The van der Waals surface area contributed by atoms with Gasteiger partial charge in [-0.3, -0.25) is 0 Å². The molecule has 3 rings (SSSR count). The van der Waals surface area contributed by atoms with Crippen molar-refractivity contribution in [1.29, 1.82) is 0 Å². The van der Waals surface area contributed by atoms with Gasteiger partial charge in [0.05, 0.1) is 0 Å². The largest absolute Gasteiger partial charge is 0.325 e. The summed E-state index contributed by atoms with van der Waals surface area (Å²) in [6, 6.07) is 0. The minimum Gasteiger partial charge on any atom is -0.325 e.